The SMILES string of the molecule is O=C(Cn1ccc2ccn(Cc3ccccc3F)c2c1=O)NCc1ccccc1F. The summed E-state index contributed by atoms with van der Waals surface area (Å²) in [6.45, 7) is 0.0369. The van der Waals surface area contributed by atoms with E-state index in [1.807, 2.05) is 0 Å². The van der Waals surface area contributed by atoms with Crippen molar-refractivity contribution in [3.63, 3.8) is 0 Å². The van der Waals surface area contributed by atoms with Gasteiger partial charge in [0.25, 0.3) is 5.56 Å². The number of amides is 1. The van der Waals surface area contributed by atoms with Gasteiger partial charge >= 0.3 is 0 Å². The Bertz CT molecular complexity index is 1280. The first kappa shape index (κ1) is 19.6. The largest absolute Gasteiger partial charge is 0.350 e. The van der Waals surface area contributed by atoms with Gasteiger partial charge in [0.1, 0.15) is 23.7 Å². The Morgan fingerprint density at radius 2 is 1.43 bits per heavy atom. The number of hydrogen-bond donors (Lipinski definition) is 1. The molecule has 0 aliphatic carbocycles. The van der Waals surface area contributed by atoms with Gasteiger partial charge in [0, 0.05) is 35.5 Å². The van der Waals surface area contributed by atoms with Gasteiger partial charge in [-0.2, -0.15) is 0 Å². The molecule has 30 heavy (non-hydrogen) atoms. The highest BCUT2D eigenvalue weighted by Crippen LogP contribution is 2.15. The third-order valence-corrected chi connectivity index (χ3v) is 4.94. The Morgan fingerprint density at radius 1 is 0.833 bits per heavy atom. The van der Waals surface area contributed by atoms with E-state index in [1.54, 1.807) is 65.5 Å². The van der Waals surface area contributed by atoms with Crippen molar-refractivity contribution in [1.82, 2.24) is 14.5 Å². The lowest BCUT2D eigenvalue weighted by Crippen LogP contribution is -2.32. The van der Waals surface area contributed by atoms with Crippen molar-refractivity contribution in [3.8, 4) is 0 Å². The van der Waals surface area contributed by atoms with Gasteiger partial charge in [-0.3, -0.25) is 9.59 Å². The molecule has 0 spiro atoms. The lowest BCUT2D eigenvalue weighted by Gasteiger charge is -2.10. The van der Waals surface area contributed by atoms with E-state index in [-0.39, 0.29) is 31.0 Å². The minimum atomic E-state index is -0.410. The maximum absolute atomic E-state index is 14.0. The third kappa shape index (κ3) is 4.00. The molecule has 0 atom stereocenters. The van der Waals surface area contributed by atoms with Crippen LogP contribution in [0, 0.1) is 11.6 Å². The van der Waals surface area contributed by atoms with Gasteiger partial charge in [-0.25, -0.2) is 8.78 Å². The first-order valence-electron chi connectivity index (χ1n) is 9.45. The van der Waals surface area contributed by atoms with Crippen LogP contribution in [-0.4, -0.2) is 15.0 Å². The van der Waals surface area contributed by atoms with Crippen LogP contribution in [0.25, 0.3) is 10.9 Å². The summed E-state index contributed by atoms with van der Waals surface area (Å²) in [5, 5.41) is 3.33. The summed E-state index contributed by atoms with van der Waals surface area (Å²) in [4.78, 5) is 25.3. The fourth-order valence-corrected chi connectivity index (χ4v) is 3.36. The summed E-state index contributed by atoms with van der Waals surface area (Å²) in [6.07, 6.45) is 3.27. The normalized spacial score (nSPS) is 11.0. The highest BCUT2D eigenvalue weighted by atomic mass is 19.1. The predicted octanol–water partition coefficient (Wildman–Crippen LogP) is 3.45. The molecule has 0 aliphatic rings. The van der Waals surface area contributed by atoms with Crippen LogP contribution >= 0.6 is 0 Å². The van der Waals surface area contributed by atoms with Crippen molar-refractivity contribution in [3.05, 3.63) is 106 Å². The Hall–Kier alpha value is -3.74. The minimum Gasteiger partial charge on any atom is -0.350 e. The van der Waals surface area contributed by atoms with Crippen LogP contribution in [0.15, 0.2) is 77.9 Å². The fraction of sp³-hybridized carbons (Fsp3) is 0.130. The molecule has 0 unspecified atom stereocenters. The Morgan fingerprint density at radius 3 is 2.10 bits per heavy atom. The highest BCUT2D eigenvalue weighted by molar-refractivity contribution is 5.80. The van der Waals surface area contributed by atoms with Crippen LogP contribution in [0.1, 0.15) is 11.1 Å². The van der Waals surface area contributed by atoms with Gasteiger partial charge in [-0.05, 0) is 24.3 Å². The Kier molecular flexibility index (Phi) is 5.43. The molecule has 0 radical (unpaired) electrons. The van der Waals surface area contributed by atoms with Crippen LogP contribution in [0.4, 0.5) is 8.78 Å². The van der Waals surface area contributed by atoms with E-state index in [9.17, 15) is 18.4 Å². The number of benzene rings is 2. The molecule has 0 saturated carbocycles. The molecule has 0 bridgehead atoms. The number of hydrogen-bond acceptors (Lipinski definition) is 2. The summed E-state index contributed by atoms with van der Waals surface area (Å²) < 4.78 is 30.7. The number of rotatable bonds is 6. The van der Waals surface area contributed by atoms with Crippen LogP contribution in [0.3, 0.4) is 0 Å². The standard InChI is InChI=1S/C23H19F2N3O2/c24-19-7-3-1-5-17(19)13-26-21(29)15-28-12-10-16-9-11-27(22(16)23(28)30)14-18-6-2-4-8-20(18)25/h1-12H,13-15H2,(H,26,29). The van der Waals surface area contributed by atoms with Crippen molar-refractivity contribution < 1.29 is 13.6 Å². The summed E-state index contributed by atoms with van der Waals surface area (Å²) in [5.41, 5.74) is 0.873. The van der Waals surface area contributed by atoms with Crippen molar-refractivity contribution in [1.29, 1.82) is 0 Å². The number of carbonyl (C=O) groups is 1. The second-order valence-electron chi connectivity index (χ2n) is 6.96. The number of halogens is 2. The molecule has 2 heterocycles. The average molecular weight is 407 g/mol. The van der Waals surface area contributed by atoms with E-state index in [2.05, 4.69) is 5.32 Å². The van der Waals surface area contributed by atoms with Crippen LogP contribution in [0.2, 0.25) is 0 Å². The lowest BCUT2D eigenvalue weighted by molar-refractivity contribution is -0.121. The van der Waals surface area contributed by atoms with Gasteiger partial charge in [0.15, 0.2) is 0 Å². The Labute approximate surface area is 171 Å². The number of aromatic nitrogens is 2. The van der Waals surface area contributed by atoms with Crippen molar-refractivity contribution in [2.45, 2.75) is 19.6 Å². The summed E-state index contributed by atoms with van der Waals surface area (Å²) >= 11 is 0. The number of pyridine rings is 1. The van der Waals surface area contributed by atoms with E-state index >= 15 is 0 Å². The molecule has 1 N–H and O–H groups in total. The van der Waals surface area contributed by atoms with Gasteiger partial charge in [0.2, 0.25) is 5.91 Å². The van der Waals surface area contributed by atoms with Gasteiger partial charge in [-0.15, -0.1) is 0 Å². The zero-order chi connectivity index (χ0) is 21.1. The quantitative estimate of drug-likeness (QED) is 0.532. The molecule has 0 fully saturated rings. The zero-order valence-corrected chi connectivity index (χ0v) is 16.0. The smallest absolute Gasteiger partial charge is 0.275 e. The maximum atomic E-state index is 14.0. The van der Waals surface area contributed by atoms with Gasteiger partial charge in [0.05, 0.1) is 6.54 Å². The number of nitrogens with zero attached hydrogens (tertiary/aromatic N) is 2. The van der Waals surface area contributed by atoms with E-state index in [0.717, 1.165) is 0 Å². The topological polar surface area (TPSA) is 56.0 Å². The monoisotopic (exact) mass is 407 g/mol. The predicted molar refractivity (Wildman–Crippen MR) is 110 cm³/mol. The first-order valence-corrected chi connectivity index (χ1v) is 9.45. The van der Waals surface area contributed by atoms with Crippen molar-refractivity contribution in [2.75, 3.05) is 0 Å². The Balaban J connectivity index is 1.54. The molecule has 4 rings (SSSR count). The molecule has 5 nitrogen and oxygen atoms in total. The van der Waals surface area contributed by atoms with E-state index in [0.29, 0.717) is 22.0 Å². The third-order valence-electron chi connectivity index (χ3n) is 4.94. The fourth-order valence-electron chi connectivity index (χ4n) is 3.36. The summed E-state index contributed by atoms with van der Waals surface area (Å²) in [7, 11) is 0. The van der Waals surface area contributed by atoms with E-state index in [1.165, 1.54) is 16.7 Å². The zero-order valence-electron chi connectivity index (χ0n) is 16.0. The molecule has 1 amide bonds. The van der Waals surface area contributed by atoms with Crippen LogP contribution in [0.5, 0.6) is 0 Å². The molecular formula is C23H19F2N3O2. The first-order chi connectivity index (χ1) is 14.5. The molecular weight excluding hydrogens is 388 g/mol. The lowest BCUT2D eigenvalue weighted by atomic mass is 10.2. The molecule has 2 aromatic heterocycles. The average Bonchev–Trinajstić information content (AvgIpc) is 3.15. The summed E-state index contributed by atoms with van der Waals surface area (Å²) in [5.74, 6) is -1.16. The van der Waals surface area contributed by atoms with Crippen LogP contribution in [-0.2, 0) is 24.4 Å². The van der Waals surface area contributed by atoms with E-state index in [4.69, 9.17) is 0 Å². The number of nitrogens with one attached hydrogen (secondary N) is 1. The molecule has 2 aromatic carbocycles. The van der Waals surface area contributed by atoms with E-state index < -0.39 is 11.7 Å². The molecule has 4 aromatic rings. The van der Waals surface area contributed by atoms with Gasteiger partial charge < -0.3 is 14.5 Å². The minimum absolute atomic E-state index is 0.0339. The molecule has 0 aliphatic heterocycles. The second kappa shape index (κ2) is 8.32. The maximum Gasteiger partial charge on any atom is 0.275 e. The number of carbonyl (C=O) groups excluding carboxylic acids is 1. The summed E-state index contributed by atoms with van der Waals surface area (Å²) in [6, 6.07) is 16.1. The number of fused-ring (bicyclic) bond motifs is 1. The highest BCUT2D eigenvalue weighted by Gasteiger charge is 2.12. The molecule has 152 valence electrons. The van der Waals surface area contributed by atoms with Crippen molar-refractivity contribution in [2.24, 2.45) is 0 Å². The molecule has 7 heteroatoms. The molecule has 0 saturated heterocycles. The van der Waals surface area contributed by atoms with Gasteiger partial charge in [-0.1, -0.05) is 36.4 Å². The second-order valence-corrected chi connectivity index (χ2v) is 6.96. The van der Waals surface area contributed by atoms with Crippen molar-refractivity contribution >= 4 is 16.8 Å². The van der Waals surface area contributed by atoms with Crippen LogP contribution < -0.4 is 10.9 Å².